The number of thiophene rings is 2. The summed E-state index contributed by atoms with van der Waals surface area (Å²) in [6, 6.07) is 8.46. The van der Waals surface area contributed by atoms with Gasteiger partial charge in [0.1, 0.15) is 5.60 Å². The van der Waals surface area contributed by atoms with Gasteiger partial charge in [0.05, 0.1) is 0 Å². The van der Waals surface area contributed by atoms with Gasteiger partial charge in [-0.05, 0) is 42.9 Å². The molecule has 2 aromatic rings. The lowest BCUT2D eigenvalue weighted by atomic mass is 9.91. The van der Waals surface area contributed by atoms with Gasteiger partial charge >= 0.3 is 0 Å². The Bertz CT molecular complexity index is 454. The molecule has 0 bridgehead atoms. The smallest absolute Gasteiger partial charge is 0.134 e. The van der Waals surface area contributed by atoms with Crippen LogP contribution in [0, 0.1) is 0 Å². The Kier molecular flexibility index (Phi) is 5.38. The van der Waals surface area contributed by atoms with Crippen molar-refractivity contribution in [1.29, 1.82) is 0 Å². The molecule has 0 aliphatic heterocycles. The highest BCUT2D eigenvalue weighted by molar-refractivity contribution is 7.11. The van der Waals surface area contributed by atoms with Crippen molar-refractivity contribution in [3.63, 3.8) is 0 Å². The van der Waals surface area contributed by atoms with Crippen LogP contribution in [0.25, 0.3) is 0 Å². The SMILES string of the molecule is CCN(CC)C(C)CC(O)(c1cccs1)c1cccs1. The zero-order valence-electron chi connectivity index (χ0n) is 12.4. The van der Waals surface area contributed by atoms with Gasteiger partial charge in [-0.15, -0.1) is 22.7 Å². The fraction of sp³-hybridized carbons (Fsp3) is 0.500. The first-order valence-electron chi connectivity index (χ1n) is 7.16. The first kappa shape index (κ1) is 15.7. The van der Waals surface area contributed by atoms with Gasteiger partial charge in [-0.2, -0.15) is 0 Å². The maximum Gasteiger partial charge on any atom is 0.134 e. The molecule has 2 aromatic heterocycles. The predicted molar refractivity (Wildman–Crippen MR) is 88.6 cm³/mol. The van der Waals surface area contributed by atoms with Crippen molar-refractivity contribution >= 4 is 22.7 Å². The number of nitrogens with zero attached hydrogens (tertiary/aromatic N) is 1. The van der Waals surface area contributed by atoms with Crippen LogP contribution in [-0.2, 0) is 5.60 Å². The second-order valence-corrected chi connectivity index (χ2v) is 6.98. The molecule has 0 spiro atoms. The third kappa shape index (κ3) is 3.14. The molecule has 20 heavy (non-hydrogen) atoms. The van der Waals surface area contributed by atoms with Crippen LogP contribution in [0.1, 0.15) is 36.9 Å². The molecule has 1 N–H and O–H groups in total. The van der Waals surface area contributed by atoms with E-state index in [2.05, 4.69) is 25.7 Å². The van der Waals surface area contributed by atoms with Gasteiger partial charge in [-0.3, -0.25) is 0 Å². The molecule has 110 valence electrons. The van der Waals surface area contributed by atoms with Crippen LogP contribution in [-0.4, -0.2) is 29.1 Å². The summed E-state index contributed by atoms with van der Waals surface area (Å²) in [6.45, 7) is 8.59. The molecule has 1 unspecified atom stereocenters. The van der Waals surface area contributed by atoms with Gasteiger partial charge in [0.2, 0.25) is 0 Å². The Balaban J connectivity index is 2.29. The Labute approximate surface area is 129 Å². The molecule has 0 amide bonds. The maximum absolute atomic E-state index is 11.3. The zero-order chi connectivity index (χ0) is 14.6. The lowest BCUT2D eigenvalue weighted by Crippen LogP contribution is -2.39. The molecule has 0 radical (unpaired) electrons. The Morgan fingerprint density at radius 2 is 1.60 bits per heavy atom. The van der Waals surface area contributed by atoms with Crippen molar-refractivity contribution in [1.82, 2.24) is 4.90 Å². The van der Waals surface area contributed by atoms with Crippen molar-refractivity contribution < 1.29 is 5.11 Å². The van der Waals surface area contributed by atoms with E-state index in [1.54, 1.807) is 22.7 Å². The van der Waals surface area contributed by atoms with Crippen molar-refractivity contribution in [3.8, 4) is 0 Å². The van der Waals surface area contributed by atoms with E-state index < -0.39 is 5.60 Å². The van der Waals surface area contributed by atoms with E-state index in [0.717, 1.165) is 29.3 Å². The molecule has 4 heteroatoms. The van der Waals surface area contributed by atoms with Crippen molar-refractivity contribution in [3.05, 3.63) is 44.8 Å². The first-order chi connectivity index (χ1) is 9.61. The molecule has 2 nitrogen and oxygen atoms in total. The molecule has 0 aliphatic rings. The Morgan fingerprint density at radius 3 is 1.95 bits per heavy atom. The number of hydrogen-bond donors (Lipinski definition) is 1. The summed E-state index contributed by atoms with van der Waals surface area (Å²) in [7, 11) is 0. The van der Waals surface area contributed by atoms with Gasteiger partial charge < -0.3 is 10.0 Å². The lowest BCUT2D eigenvalue weighted by Gasteiger charge is -2.34. The number of hydrogen-bond acceptors (Lipinski definition) is 4. The number of aliphatic hydroxyl groups is 1. The van der Waals surface area contributed by atoms with Crippen molar-refractivity contribution in [2.75, 3.05) is 13.1 Å². The van der Waals surface area contributed by atoms with E-state index in [0.29, 0.717) is 6.04 Å². The second-order valence-electron chi connectivity index (χ2n) is 5.09. The minimum Gasteiger partial charge on any atom is -0.379 e. The molecular formula is C16H23NOS2. The fourth-order valence-corrected chi connectivity index (χ4v) is 4.52. The molecule has 0 saturated carbocycles. The average Bonchev–Trinajstić information content (AvgIpc) is 3.14. The molecule has 0 aromatic carbocycles. The van der Waals surface area contributed by atoms with Crippen molar-refractivity contribution in [2.45, 2.75) is 38.8 Å². The van der Waals surface area contributed by atoms with E-state index in [1.165, 1.54) is 0 Å². The van der Waals surface area contributed by atoms with E-state index in [-0.39, 0.29) is 0 Å². The van der Waals surface area contributed by atoms with Gasteiger partial charge in [0.25, 0.3) is 0 Å². The molecule has 0 fully saturated rings. The standard InChI is InChI=1S/C16H23NOS2/c1-4-17(5-2)13(3)12-16(18,14-8-6-10-19-14)15-9-7-11-20-15/h6-11,13,18H,4-5,12H2,1-3H3. The zero-order valence-corrected chi connectivity index (χ0v) is 14.0. The van der Waals surface area contributed by atoms with Crippen LogP contribution in [0.4, 0.5) is 0 Å². The largest absolute Gasteiger partial charge is 0.379 e. The van der Waals surface area contributed by atoms with E-state index in [4.69, 9.17) is 0 Å². The quantitative estimate of drug-likeness (QED) is 0.830. The molecule has 0 aliphatic carbocycles. The topological polar surface area (TPSA) is 23.5 Å². The number of rotatable bonds is 7. The van der Waals surface area contributed by atoms with Gasteiger partial charge in [0, 0.05) is 22.2 Å². The summed E-state index contributed by atoms with van der Waals surface area (Å²) < 4.78 is 0. The van der Waals surface area contributed by atoms with E-state index in [9.17, 15) is 5.11 Å². The summed E-state index contributed by atoms with van der Waals surface area (Å²) in [4.78, 5) is 4.48. The van der Waals surface area contributed by atoms with Gasteiger partial charge in [-0.25, -0.2) is 0 Å². The third-order valence-corrected chi connectivity index (χ3v) is 5.93. The summed E-state index contributed by atoms with van der Waals surface area (Å²) >= 11 is 3.27. The normalized spacial score (nSPS) is 13.8. The van der Waals surface area contributed by atoms with Crippen LogP contribution >= 0.6 is 22.7 Å². The summed E-state index contributed by atoms with van der Waals surface area (Å²) in [5.41, 5.74) is -0.857. The molecule has 0 saturated heterocycles. The highest BCUT2D eigenvalue weighted by atomic mass is 32.1. The minimum atomic E-state index is -0.857. The third-order valence-electron chi connectivity index (χ3n) is 3.88. The van der Waals surface area contributed by atoms with Gasteiger partial charge in [-0.1, -0.05) is 26.0 Å². The summed E-state index contributed by atoms with van der Waals surface area (Å²) in [5, 5.41) is 15.4. The average molecular weight is 310 g/mol. The molecule has 1 atom stereocenters. The molecule has 2 heterocycles. The minimum absolute atomic E-state index is 0.346. The van der Waals surface area contributed by atoms with Crippen LogP contribution in [0.3, 0.4) is 0 Å². The predicted octanol–water partition coefficient (Wildman–Crippen LogP) is 4.17. The highest BCUT2D eigenvalue weighted by Gasteiger charge is 2.36. The lowest BCUT2D eigenvalue weighted by molar-refractivity contribution is 0.0451. The van der Waals surface area contributed by atoms with E-state index >= 15 is 0 Å². The summed E-state index contributed by atoms with van der Waals surface area (Å²) in [6.07, 6.45) is 0.732. The fourth-order valence-electron chi connectivity index (χ4n) is 2.75. The van der Waals surface area contributed by atoms with E-state index in [1.807, 2.05) is 35.0 Å². The van der Waals surface area contributed by atoms with Gasteiger partial charge in [0.15, 0.2) is 0 Å². The van der Waals surface area contributed by atoms with Crippen molar-refractivity contribution in [2.24, 2.45) is 0 Å². The molecule has 2 rings (SSSR count). The Morgan fingerprint density at radius 1 is 1.10 bits per heavy atom. The van der Waals surface area contributed by atoms with Crippen LogP contribution in [0.5, 0.6) is 0 Å². The first-order valence-corrected chi connectivity index (χ1v) is 8.92. The highest BCUT2D eigenvalue weighted by Crippen LogP contribution is 2.39. The molecular weight excluding hydrogens is 286 g/mol. The summed E-state index contributed by atoms with van der Waals surface area (Å²) in [5.74, 6) is 0. The monoisotopic (exact) mass is 309 g/mol. The second kappa shape index (κ2) is 6.85. The maximum atomic E-state index is 11.3. The van der Waals surface area contributed by atoms with Crippen LogP contribution in [0.15, 0.2) is 35.0 Å². The van der Waals surface area contributed by atoms with Crippen LogP contribution in [0.2, 0.25) is 0 Å². The van der Waals surface area contributed by atoms with Crippen LogP contribution < -0.4 is 0 Å². The Hall–Kier alpha value is -0.680.